The zero-order valence-corrected chi connectivity index (χ0v) is 24.6. The van der Waals surface area contributed by atoms with Crippen LogP contribution in [0.25, 0.3) is 0 Å². The van der Waals surface area contributed by atoms with E-state index in [1.807, 2.05) is 33.8 Å². The Labute approximate surface area is 237 Å². The van der Waals surface area contributed by atoms with Crippen molar-refractivity contribution in [1.29, 1.82) is 0 Å². The first-order valence-electron chi connectivity index (χ1n) is 13.4. The van der Waals surface area contributed by atoms with Crippen LogP contribution >= 0.6 is 0 Å². The fourth-order valence-corrected chi connectivity index (χ4v) is 5.79. The smallest absolute Gasteiger partial charge is 0.264 e. The Balaban J connectivity index is 2.04. The fraction of sp³-hybridized carbons (Fsp3) is 0.355. The summed E-state index contributed by atoms with van der Waals surface area (Å²) >= 11 is 0. The number of amides is 2. The Kier molecular flexibility index (Phi) is 10.5. The van der Waals surface area contributed by atoms with Gasteiger partial charge in [-0.05, 0) is 75.6 Å². The van der Waals surface area contributed by atoms with E-state index in [1.54, 1.807) is 49.4 Å². The first-order valence-corrected chi connectivity index (χ1v) is 14.9. The molecule has 0 bridgehead atoms. The quantitative estimate of drug-likeness (QED) is 0.302. The van der Waals surface area contributed by atoms with E-state index in [4.69, 9.17) is 0 Å². The van der Waals surface area contributed by atoms with Crippen LogP contribution in [0, 0.1) is 26.6 Å². The SMILES string of the molecule is CCCCNC(=O)[C@H](C)N(Cc1ccccc1F)C(=O)CN(c1cc(C)cc(C)c1)S(=O)(=O)c1ccc(C)cc1. The molecule has 1 N–H and O–H groups in total. The lowest BCUT2D eigenvalue weighted by Crippen LogP contribution is -2.51. The van der Waals surface area contributed by atoms with E-state index in [0.29, 0.717) is 12.2 Å². The first kappa shape index (κ1) is 30.8. The molecule has 0 aliphatic heterocycles. The third-order valence-corrected chi connectivity index (χ3v) is 8.47. The van der Waals surface area contributed by atoms with E-state index in [0.717, 1.165) is 33.8 Å². The summed E-state index contributed by atoms with van der Waals surface area (Å²) in [5.41, 5.74) is 3.12. The van der Waals surface area contributed by atoms with Crippen LogP contribution in [0.3, 0.4) is 0 Å². The molecule has 0 heterocycles. The molecule has 2 amide bonds. The van der Waals surface area contributed by atoms with Crippen molar-refractivity contribution in [3.63, 3.8) is 0 Å². The van der Waals surface area contributed by atoms with Crippen LogP contribution < -0.4 is 9.62 Å². The summed E-state index contributed by atoms with van der Waals surface area (Å²) in [7, 11) is -4.17. The van der Waals surface area contributed by atoms with Crippen molar-refractivity contribution in [2.24, 2.45) is 0 Å². The lowest BCUT2D eigenvalue weighted by atomic mass is 10.1. The third kappa shape index (κ3) is 7.69. The second-order valence-corrected chi connectivity index (χ2v) is 12.0. The number of unbranched alkanes of at least 4 members (excludes halogenated alkanes) is 1. The van der Waals surface area contributed by atoms with Gasteiger partial charge in [0.15, 0.2) is 0 Å². The number of carbonyl (C=O) groups excluding carboxylic acids is 2. The normalized spacial score (nSPS) is 12.1. The van der Waals surface area contributed by atoms with E-state index < -0.39 is 40.2 Å². The van der Waals surface area contributed by atoms with Crippen molar-refractivity contribution >= 4 is 27.5 Å². The number of nitrogens with zero attached hydrogens (tertiary/aromatic N) is 2. The van der Waals surface area contributed by atoms with Crippen molar-refractivity contribution in [1.82, 2.24) is 10.2 Å². The summed E-state index contributed by atoms with van der Waals surface area (Å²) in [6, 6.07) is 16.8. The van der Waals surface area contributed by atoms with Gasteiger partial charge in [0.05, 0.1) is 10.6 Å². The van der Waals surface area contributed by atoms with Crippen molar-refractivity contribution in [3.05, 3.63) is 94.8 Å². The molecular formula is C31H38FN3O4S. The van der Waals surface area contributed by atoms with E-state index in [2.05, 4.69) is 5.32 Å². The highest BCUT2D eigenvalue weighted by Gasteiger charge is 2.33. The minimum atomic E-state index is -4.17. The van der Waals surface area contributed by atoms with Crippen LogP contribution in [0.5, 0.6) is 0 Å². The van der Waals surface area contributed by atoms with E-state index in [-0.39, 0.29) is 17.0 Å². The Morgan fingerprint density at radius 1 is 0.925 bits per heavy atom. The number of halogens is 1. The van der Waals surface area contributed by atoms with Gasteiger partial charge >= 0.3 is 0 Å². The van der Waals surface area contributed by atoms with E-state index >= 15 is 0 Å². The van der Waals surface area contributed by atoms with Gasteiger partial charge in [-0.15, -0.1) is 0 Å². The number of carbonyl (C=O) groups is 2. The summed E-state index contributed by atoms with van der Waals surface area (Å²) < 4.78 is 43.6. The molecule has 0 aliphatic carbocycles. The van der Waals surface area contributed by atoms with Crippen LogP contribution in [0.2, 0.25) is 0 Å². The summed E-state index contributed by atoms with van der Waals surface area (Å²) in [5.74, 6) is -1.54. The van der Waals surface area contributed by atoms with Gasteiger partial charge in [0, 0.05) is 18.7 Å². The Hall–Kier alpha value is -3.72. The number of rotatable bonds is 12. The predicted octanol–water partition coefficient (Wildman–Crippen LogP) is 5.28. The number of nitrogens with one attached hydrogen (secondary N) is 1. The van der Waals surface area contributed by atoms with Gasteiger partial charge in [-0.3, -0.25) is 13.9 Å². The van der Waals surface area contributed by atoms with Crippen molar-refractivity contribution in [2.75, 3.05) is 17.4 Å². The molecular weight excluding hydrogens is 529 g/mol. The average molecular weight is 568 g/mol. The molecule has 9 heteroatoms. The summed E-state index contributed by atoms with van der Waals surface area (Å²) in [4.78, 5) is 28.2. The Bertz CT molecular complexity index is 1420. The molecule has 3 aromatic rings. The highest BCUT2D eigenvalue weighted by Crippen LogP contribution is 2.27. The van der Waals surface area contributed by atoms with E-state index in [9.17, 15) is 22.4 Å². The largest absolute Gasteiger partial charge is 0.354 e. The third-order valence-electron chi connectivity index (χ3n) is 6.68. The molecule has 0 aromatic heterocycles. The predicted molar refractivity (Wildman–Crippen MR) is 156 cm³/mol. The minimum absolute atomic E-state index is 0.0380. The van der Waals surface area contributed by atoms with Crippen LogP contribution in [0.1, 0.15) is 48.9 Å². The monoisotopic (exact) mass is 567 g/mol. The molecule has 214 valence electrons. The fourth-order valence-electron chi connectivity index (χ4n) is 4.39. The molecule has 40 heavy (non-hydrogen) atoms. The van der Waals surface area contributed by atoms with Gasteiger partial charge in [-0.25, -0.2) is 12.8 Å². The highest BCUT2D eigenvalue weighted by molar-refractivity contribution is 7.92. The van der Waals surface area contributed by atoms with Crippen LogP contribution in [-0.4, -0.2) is 44.3 Å². The van der Waals surface area contributed by atoms with Gasteiger partial charge in [-0.1, -0.05) is 55.3 Å². The minimum Gasteiger partial charge on any atom is -0.354 e. The average Bonchev–Trinajstić information content (AvgIpc) is 2.90. The zero-order valence-electron chi connectivity index (χ0n) is 23.8. The zero-order chi connectivity index (χ0) is 29.4. The van der Waals surface area contributed by atoms with Crippen LogP contribution in [0.4, 0.5) is 10.1 Å². The molecule has 0 saturated carbocycles. The second kappa shape index (κ2) is 13.6. The molecule has 0 saturated heterocycles. The molecule has 3 rings (SSSR count). The van der Waals surface area contributed by atoms with E-state index in [1.165, 1.54) is 23.1 Å². The first-order chi connectivity index (χ1) is 18.9. The molecule has 0 spiro atoms. The second-order valence-electron chi connectivity index (χ2n) is 10.1. The lowest BCUT2D eigenvalue weighted by molar-refractivity contribution is -0.139. The molecule has 0 unspecified atom stereocenters. The topological polar surface area (TPSA) is 86.8 Å². The molecule has 0 radical (unpaired) electrons. The maximum Gasteiger partial charge on any atom is 0.264 e. The van der Waals surface area contributed by atoms with Gasteiger partial charge in [-0.2, -0.15) is 0 Å². The van der Waals surface area contributed by atoms with Crippen molar-refractivity contribution in [2.45, 2.75) is 64.9 Å². The summed E-state index contributed by atoms with van der Waals surface area (Å²) in [6.07, 6.45) is 1.66. The molecule has 3 aromatic carbocycles. The van der Waals surface area contributed by atoms with Gasteiger partial charge < -0.3 is 10.2 Å². The molecule has 1 atom stereocenters. The number of anilines is 1. The maximum atomic E-state index is 14.6. The number of benzene rings is 3. The van der Waals surface area contributed by atoms with Crippen LogP contribution in [-0.2, 0) is 26.2 Å². The number of hydrogen-bond donors (Lipinski definition) is 1. The number of sulfonamides is 1. The highest BCUT2D eigenvalue weighted by atomic mass is 32.2. The summed E-state index contributed by atoms with van der Waals surface area (Å²) in [5, 5.41) is 2.82. The van der Waals surface area contributed by atoms with Gasteiger partial charge in [0.2, 0.25) is 11.8 Å². The van der Waals surface area contributed by atoms with Gasteiger partial charge in [0.1, 0.15) is 18.4 Å². The van der Waals surface area contributed by atoms with Crippen molar-refractivity contribution in [3.8, 4) is 0 Å². The Morgan fingerprint density at radius 3 is 2.15 bits per heavy atom. The standard InChI is InChI=1S/C31H38FN3O4S/c1-6-7-16-33-31(37)25(5)34(20-26-10-8-9-11-29(26)32)30(36)21-35(27-18-23(3)17-24(4)19-27)40(38,39)28-14-12-22(2)13-15-28/h8-15,17-19,25H,6-7,16,20-21H2,1-5H3,(H,33,37)/t25-/m0/s1. The van der Waals surface area contributed by atoms with Gasteiger partial charge in [0.25, 0.3) is 10.0 Å². The number of hydrogen-bond acceptors (Lipinski definition) is 4. The number of aryl methyl sites for hydroxylation is 3. The maximum absolute atomic E-state index is 14.6. The molecule has 0 aliphatic rings. The van der Waals surface area contributed by atoms with Crippen LogP contribution in [0.15, 0.2) is 71.6 Å². The lowest BCUT2D eigenvalue weighted by Gasteiger charge is -2.32. The molecule has 0 fully saturated rings. The van der Waals surface area contributed by atoms with Crippen molar-refractivity contribution < 1.29 is 22.4 Å². The summed E-state index contributed by atoms with van der Waals surface area (Å²) in [6.45, 7) is 8.80. The molecule has 7 nitrogen and oxygen atoms in total. The Morgan fingerprint density at radius 2 is 1.55 bits per heavy atom.